The summed E-state index contributed by atoms with van der Waals surface area (Å²) >= 11 is 0. The quantitative estimate of drug-likeness (QED) is 0.0724. The zero-order chi connectivity index (χ0) is 29.7. The lowest BCUT2D eigenvalue weighted by Crippen LogP contribution is -2.18. The molecule has 1 N–H and O–H groups in total. The third kappa shape index (κ3) is 36.1. The van der Waals surface area contributed by atoms with E-state index in [4.69, 9.17) is 0 Å². The van der Waals surface area contributed by atoms with E-state index < -0.39 is 0 Å². The Kier molecular flexibility index (Phi) is 37.9. The van der Waals surface area contributed by atoms with Crippen molar-refractivity contribution in [1.82, 2.24) is 5.32 Å². The van der Waals surface area contributed by atoms with E-state index >= 15 is 0 Å². The molecule has 0 aromatic heterocycles. The van der Waals surface area contributed by atoms with Crippen molar-refractivity contribution in [3.63, 3.8) is 0 Å². The predicted octanol–water partition coefficient (Wildman–Crippen LogP) is 14.5. The van der Waals surface area contributed by atoms with Crippen molar-refractivity contribution in [2.75, 3.05) is 13.6 Å². The fourth-order valence-corrected chi connectivity index (χ4v) is 6.78. The molecule has 0 spiro atoms. The molecule has 0 bridgehead atoms. The van der Waals surface area contributed by atoms with Crippen molar-refractivity contribution >= 4 is 0 Å². The molecule has 0 radical (unpaired) electrons. The van der Waals surface area contributed by atoms with Gasteiger partial charge in [-0.2, -0.15) is 0 Å². The van der Waals surface area contributed by atoms with E-state index in [2.05, 4.69) is 26.2 Å². The van der Waals surface area contributed by atoms with E-state index in [1.165, 1.54) is 231 Å². The highest BCUT2D eigenvalue weighted by molar-refractivity contribution is 4.63. The highest BCUT2D eigenvalue weighted by Crippen LogP contribution is 2.20. The summed E-state index contributed by atoms with van der Waals surface area (Å²) in [6.45, 7) is 5.85. The molecule has 41 heavy (non-hydrogen) atoms. The van der Waals surface area contributed by atoms with E-state index in [1.54, 1.807) is 0 Å². The molecule has 0 aliphatic carbocycles. The molecule has 0 aromatic carbocycles. The van der Waals surface area contributed by atoms with E-state index in [9.17, 15) is 0 Å². The molecule has 1 unspecified atom stereocenters. The van der Waals surface area contributed by atoms with Gasteiger partial charge in [-0.3, -0.25) is 0 Å². The van der Waals surface area contributed by atoms with Crippen LogP contribution in [0, 0.1) is 5.92 Å². The summed E-state index contributed by atoms with van der Waals surface area (Å²) in [5.41, 5.74) is 0. The summed E-state index contributed by atoms with van der Waals surface area (Å²) in [5.74, 6) is 0.919. The molecule has 0 heterocycles. The Bertz CT molecular complexity index is 433. The smallest absolute Gasteiger partial charge is 0.00235 e. The number of unbranched alkanes of at least 4 members (excludes halogenated alkanes) is 31. The van der Waals surface area contributed by atoms with Gasteiger partial charge in [-0.25, -0.2) is 0 Å². The van der Waals surface area contributed by atoms with Crippen molar-refractivity contribution in [3.8, 4) is 0 Å². The largest absolute Gasteiger partial charge is 0.319 e. The fourth-order valence-electron chi connectivity index (χ4n) is 6.78. The van der Waals surface area contributed by atoms with Crippen LogP contribution in [0.15, 0.2) is 0 Å². The Morgan fingerprint density at radius 2 is 0.488 bits per heavy atom. The molecule has 0 aromatic rings. The van der Waals surface area contributed by atoms with E-state index in [0.717, 1.165) is 5.92 Å². The standard InChI is InChI=1S/C40H83N/c1-4-6-8-10-12-14-16-18-20-22-24-26-28-30-32-34-36-38-40(39-41-3)37-35-33-31-29-27-25-23-21-19-17-15-13-11-9-7-5-2/h40-41H,4-39H2,1-3H3. The average molecular weight is 578 g/mol. The number of rotatable bonds is 37. The van der Waals surface area contributed by atoms with Gasteiger partial charge in [-0.05, 0) is 32.4 Å². The summed E-state index contributed by atoms with van der Waals surface area (Å²) in [7, 11) is 2.15. The first-order chi connectivity index (χ1) is 20.3. The van der Waals surface area contributed by atoms with Gasteiger partial charge in [0.25, 0.3) is 0 Å². The fraction of sp³-hybridized carbons (Fsp3) is 1.00. The topological polar surface area (TPSA) is 12.0 Å². The molecule has 0 rings (SSSR count). The summed E-state index contributed by atoms with van der Waals surface area (Å²) in [6, 6.07) is 0. The van der Waals surface area contributed by atoms with Gasteiger partial charge in [-0.1, -0.05) is 226 Å². The summed E-state index contributed by atoms with van der Waals surface area (Å²) in [4.78, 5) is 0. The van der Waals surface area contributed by atoms with Crippen molar-refractivity contribution < 1.29 is 0 Å². The molecule has 0 saturated carbocycles. The van der Waals surface area contributed by atoms with Gasteiger partial charge in [-0.15, -0.1) is 0 Å². The lowest BCUT2D eigenvalue weighted by atomic mass is 9.94. The van der Waals surface area contributed by atoms with Gasteiger partial charge in [0, 0.05) is 0 Å². The molecule has 1 heteroatoms. The van der Waals surface area contributed by atoms with Gasteiger partial charge in [0.05, 0.1) is 0 Å². The van der Waals surface area contributed by atoms with Crippen molar-refractivity contribution in [2.45, 2.75) is 239 Å². The second-order valence-electron chi connectivity index (χ2n) is 14.0. The molecule has 0 amide bonds. The van der Waals surface area contributed by atoms with Crippen LogP contribution in [-0.4, -0.2) is 13.6 Å². The summed E-state index contributed by atoms with van der Waals surface area (Å²) in [6.07, 6.45) is 51.4. The molecule has 248 valence electrons. The highest BCUT2D eigenvalue weighted by atomic mass is 14.8. The first kappa shape index (κ1) is 41.0. The highest BCUT2D eigenvalue weighted by Gasteiger charge is 2.07. The molecule has 0 aliphatic rings. The van der Waals surface area contributed by atoms with Crippen LogP contribution in [0.4, 0.5) is 0 Å². The summed E-state index contributed by atoms with van der Waals surface area (Å²) in [5, 5.41) is 3.48. The van der Waals surface area contributed by atoms with Crippen LogP contribution in [0.1, 0.15) is 239 Å². The Morgan fingerprint density at radius 3 is 0.683 bits per heavy atom. The minimum absolute atomic E-state index is 0.919. The second kappa shape index (κ2) is 38.0. The number of nitrogens with one attached hydrogen (secondary N) is 1. The van der Waals surface area contributed by atoms with Crippen molar-refractivity contribution in [1.29, 1.82) is 0 Å². The molecule has 0 saturated heterocycles. The van der Waals surface area contributed by atoms with Crippen LogP contribution in [0.25, 0.3) is 0 Å². The van der Waals surface area contributed by atoms with Crippen LogP contribution < -0.4 is 5.32 Å². The zero-order valence-electron chi connectivity index (χ0n) is 29.5. The van der Waals surface area contributed by atoms with E-state index in [0.29, 0.717) is 0 Å². The Morgan fingerprint density at radius 1 is 0.293 bits per heavy atom. The molecule has 0 fully saturated rings. The Balaban J connectivity index is 3.35. The lowest BCUT2D eigenvalue weighted by Gasteiger charge is -2.16. The second-order valence-corrected chi connectivity index (χ2v) is 14.0. The maximum atomic E-state index is 3.48. The maximum Gasteiger partial charge on any atom is -0.00235 e. The average Bonchev–Trinajstić information content (AvgIpc) is 2.98. The van der Waals surface area contributed by atoms with Crippen molar-refractivity contribution in [2.24, 2.45) is 5.92 Å². The normalized spacial score (nSPS) is 12.4. The van der Waals surface area contributed by atoms with Crippen LogP contribution >= 0.6 is 0 Å². The molecule has 1 atom stereocenters. The van der Waals surface area contributed by atoms with Gasteiger partial charge < -0.3 is 5.32 Å². The van der Waals surface area contributed by atoms with Crippen LogP contribution in [0.3, 0.4) is 0 Å². The Labute approximate surface area is 263 Å². The minimum atomic E-state index is 0.919. The SMILES string of the molecule is CCCCCCCCCCCCCCCCCCCC(CCCCCCCCCCCCCCCCCC)CNC. The zero-order valence-corrected chi connectivity index (χ0v) is 29.5. The summed E-state index contributed by atoms with van der Waals surface area (Å²) < 4.78 is 0. The lowest BCUT2D eigenvalue weighted by molar-refractivity contribution is 0.390. The van der Waals surface area contributed by atoms with Gasteiger partial charge in [0.1, 0.15) is 0 Å². The first-order valence-corrected chi connectivity index (χ1v) is 20.0. The number of hydrogen-bond acceptors (Lipinski definition) is 1. The van der Waals surface area contributed by atoms with Crippen LogP contribution in [0.5, 0.6) is 0 Å². The number of hydrogen-bond donors (Lipinski definition) is 1. The minimum Gasteiger partial charge on any atom is -0.319 e. The monoisotopic (exact) mass is 578 g/mol. The molecular formula is C40H83N. The van der Waals surface area contributed by atoms with Crippen molar-refractivity contribution in [3.05, 3.63) is 0 Å². The third-order valence-electron chi connectivity index (χ3n) is 9.67. The van der Waals surface area contributed by atoms with Crippen LogP contribution in [-0.2, 0) is 0 Å². The van der Waals surface area contributed by atoms with E-state index in [1.807, 2.05) is 0 Å². The molecular weight excluding hydrogens is 494 g/mol. The van der Waals surface area contributed by atoms with Gasteiger partial charge >= 0.3 is 0 Å². The third-order valence-corrected chi connectivity index (χ3v) is 9.67. The van der Waals surface area contributed by atoms with Gasteiger partial charge in [0.2, 0.25) is 0 Å². The molecule has 1 nitrogen and oxygen atoms in total. The van der Waals surface area contributed by atoms with Gasteiger partial charge in [0.15, 0.2) is 0 Å². The maximum absolute atomic E-state index is 3.48. The van der Waals surface area contributed by atoms with E-state index in [-0.39, 0.29) is 0 Å². The first-order valence-electron chi connectivity index (χ1n) is 20.0. The Hall–Kier alpha value is -0.0400. The molecule has 0 aliphatic heterocycles. The van der Waals surface area contributed by atoms with Crippen LogP contribution in [0.2, 0.25) is 0 Å². The predicted molar refractivity (Wildman–Crippen MR) is 190 cm³/mol.